The first kappa shape index (κ1) is 13.6. The fraction of sp³-hybridized carbons (Fsp3) is 0.214. The summed E-state index contributed by atoms with van der Waals surface area (Å²) < 4.78 is 12.1. The normalized spacial score (nSPS) is 13.2. The summed E-state index contributed by atoms with van der Waals surface area (Å²) in [4.78, 5) is 4.28. The highest BCUT2D eigenvalue weighted by Crippen LogP contribution is 2.38. The van der Waals surface area contributed by atoms with Crippen LogP contribution in [-0.2, 0) is 5.75 Å². The molecule has 1 aromatic heterocycles. The molecule has 0 spiro atoms. The first-order chi connectivity index (χ1) is 9.74. The number of benzene rings is 1. The molecule has 4 nitrogen and oxygen atoms in total. The van der Waals surface area contributed by atoms with E-state index in [1.54, 1.807) is 18.0 Å². The lowest BCUT2D eigenvalue weighted by molar-refractivity contribution is 0.171. The SMILES string of the molecule is Nc1cccnc1SCc1cc2c(cc1Br)OCCO2. The van der Waals surface area contributed by atoms with E-state index in [1.165, 1.54) is 0 Å². The van der Waals surface area contributed by atoms with Crippen LogP contribution < -0.4 is 15.2 Å². The number of thioether (sulfide) groups is 1. The molecule has 1 aromatic carbocycles. The van der Waals surface area contributed by atoms with Crippen molar-refractivity contribution >= 4 is 33.4 Å². The average molecular weight is 353 g/mol. The first-order valence-electron chi connectivity index (χ1n) is 6.15. The summed E-state index contributed by atoms with van der Waals surface area (Å²) in [5, 5.41) is 0.842. The van der Waals surface area contributed by atoms with E-state index < -0.39 is 0 Å². The van der Waals surface area contributed by atoms with E-state index in [1.807, 2.05) is 24.3 Å². The zero-order valence-electron chi connectivity index (χ0n) is 10.6. The fourth-order valence-corrected chi connectivity index (χ4v) is 3.44. The fourth-order valence-electron chi connectivity index (χ4n) is 1.89. The largest absolute Gasteiger partial charge is 0.486 e. The smallest absolute Gasteiger partial charge is 0.162 e. The zero-order valence-corrected chi connectivity index (χ0v) is 13.0. The lowest BCUT2D eigenvalue weighted by atomic mass is 10.2. The van der Waals surface area contributed by atoms with E-state index in [9.17, 15) is 0 Å². The summed E-state index contributed by atoms with van der Waals surface area (Å²) in [5.74, 6) is 2.34. The Kier molecular flexibility index (Phi) is 4.03. The van der Waals surface area contributed by atoms with Gasteiger partial charge < -0.3 is 15.2 Å². The van der Waals surface area contributed by atoms with Gasteiger partial charge in [-0.3, -0.25) is 0 Å². The highest BCUT2D eigenvalue weighted by molar-refractivity contribution is 9.10. The Balaban J connectivity index is 1.79. The van der Waals surface area contributed by atoms with Crippen molar-refractivity contribution in [3.05, 3.63) is 40.5 Å². The minimum atomic E-state index is 0.592. The van der Waals surface area contributed by atoms with Crippen LogP contribution in [0.3, 0.4) is 0 Å². The minimum absolute atomic E-state index is 0.592. The molecular formula is C14H13BrN2O2S. The van der Waals surface area contributed by atoms with Crippen molar-refractivity contribution in [2.75, 3.05) is 18.9 Å². The number of nitrogens with two attached hydrogens (primary N) is 1. The third kappa shape index (κ3) is 2.86. The van der Waals surface area contributed by atoms with Gasteiger partial charge in [-0.05, 0) is 29.8 Å². The lowest BCUT2D eigenvalue weighted by Crippen LogP contribution is -2.15. The molecule has 0 aliphatic carbocycles. The number of hydrogen-bond donors (Lipinski definition) is 1. The topological polar surface area (TPSA) is 57.4 Å². The molecule has 0 unspecified atom stereocenters. The highest BCUT2D eigenvalue weighted by atomic mass is 79.9. The number of halogens is 1. The minimum Gasteiger partial charge on any atom is -0.486 e. The molecule has 20 heavy (non-hydrogen) atoms. The number of rotatable bonds is 3. The molecule has 2 heterocycles. The average Bonchev–Trinajstić information content (AvgIpc) is 2.46. The second-order valence-corrected chi connectivity index (χ2v) is 6.09. The van der Waals surface area contributed by atoms with Crippen LogP contribution in [0.2, 0.25) is 0 Å². The number of anilines is 1. The van der Waals surface area contributed by atoms with Crippen molar-refractivity contribution in [3.8, 4) is 11.5 Å². The van der Waals surface area contributed by atoms with Gasteiger partial charge in [0.2, 0.25) is 0 Å². The summed E-state index contributed by atoms with van der Waals surface area (Å²) in [6.07, 6.45) is 1.75. The maximum absolute atomic E-state index is 5.89. The molecule has 0 bridgehead atoms. The predicted octanol–water partition coefficient (Wildman–Crippen LogP) is 3.49. The van der Waals surface area contributed by atoms with Gasteiger partial charge in [0.15, 0.2) is 11.5 Å². The molecular weight excluding hydrogens is 340 g/mol. The Morgan fingerprint density at radius 2 is 2.00 bits per heavy atom. The van der Waals surface area contributed by atoms with Gasteiger partial charge >= 0.3 is 0 Å². The van der Waals surface area contributed by atoms with Crippen molar-refractivity contribution in [2.45, 2.75) is 10.8 Å². The number of ether oxygens (including phenoxy) is 2. The van der Waals surface area contributed by atoms with Crippen LogP contribution in [0.4, 0.5) is 5.69 Å². The van der Waals surface area contributed by atoms with Crippen LogP contribution in [0.5, 0.6) is 11.5 Å². The van der Waals surface area contributed by atoms with Crippen molar-refractivity contribution < 1.29 is 9.47 Å². The summed E-state index contributed by atoms with van der Waals surface area (Å²) in [5.41, 5.74) is 7.72. The second-order valence-electron chi connectivity index (χ2n) is 4.27. The molecule has 0 fully saturated rings. The van der Waals surface area contributed by atoms with E-state index >= 15 is 0 Å². The molecule has 0 saturated carbocycles. The van der Waals surface area contributed by atoms with Crippen LogP contribution in [0, 0.1) is 0 Å². The maximum Gasteiger partial charge on any atom is 0.162 e. The molecule has 6 heteroatoms. The quantitative estimate of drug-likeness (QED) is 0.856. The van der Waals surface area contributed by atoms with Crippen molar-refractivity contribution in [3.63, 3.8) is 0 Å². The third-order valence-electron chi connectivity index (χ3n) is 2.88. The summed E-state index contributed by atoms with van der Waals surface area (Å²) >= 11 is 5.17. The van der Waals surface area contributed by atoms with Crippen molar-refractivity contribution in [1.29, 1.82) is 0 Å². The standard InChI is InChI=1S/C14H13BrN2O2S/c15-10-7-13-12(18-4-5-19-13)6-9(10)8-20-14-11(16)2-1-3-17-14/h1-3,6-7H,4-5,8,16H2. The van der Waals surface area contributed by atoms with Gasteiger partial charge in [0.25, 0.3) is 0 Å². The molecule has 2 aromatic rings. The molecule has 104 valence electrons. The summed E-state index contributed by atoms with van der Waals surface area (Å²) in [7, 11) is 0. The van der Waals surface area contributed by atoms with E-state index in [-0.39, 0.29) is 0 Å². The summed E-state index contributed by atoms with van der Waals surface area (Å²) in [6.45, 7) is 1.19. The predicted molar refractivity (Wildman–Crippen MR) is 83.3 cm³/mol. The Labute approximate surface area is 129 Å². The molecule has 1 aliphatic rings. The molecule has 2 N–H and O–H groups in total. The van der Waals surface area contributed by atoms with E-state index in [0.29, 0.717) is 18.9 Å². The number of nitrogens with zero attached hydrogens (tertiary/aromatic N) is 1. The van der Waals surface area contributed by atoms with E-state index in [4.69, 9.17) is 15.2 Å². The van der Waals surface area contributed by atoms with Gasteiger partial charge in [-0.1, -0.05) is 27.7 Å². The van der Waals surface area contributed by atoms with E-state index in [2.05, 4.69) is 20.9 Å². The van der Waals surface area contributed by atoms with Crippen LogP contribution in [0.1, 0.15) is 5.56 Å². The molecule has 0 amide bonds. The van der Waals surface area contributed by atoms with Crippen molar-refractivity contribution in [2.24, 2.45) is 0 Å². The molecule has 3 rings (SSSR count). The molecule has 0 radical (unpaired) electrons. The van der Waals surface area contributed by atoms with Crippen LogP contribution in [-0.4, -0.2) is 18.2 Å². The number of hydrogen-bond acceptors (Lipinski definition) is 5. The van der Waals surface area contributed by atoms with Crippen LogP contribution in [0.25, 0.3) is 0 Å². The van der Waals surface area contributed by atoms with Gasteiger partial charge in [-0.2, -0.15) is 0 Å². The molecule has 0 saturated heterocycles. The Bertz CT molecular complexity index is 637. The number of fused-ring (bicyclic) bond motifs is 1. The molecule has 0 atom stereocenters. The van der Waals surface area contributed by atoms with Crippen LogP contribution in [0.15, 0.2) is 40.0 Å². The Morgan fingerprint density at radius 3 is 2.75 bits per heavy atom. The molecule has 1 aliphatic heterocycles. The number of nitrogen functional groups attached to an aromatic ring is 1. The zero-order chi connectivity index (χ0) is 13.9. The van der Waals surface area contributed by atoms with Crippen LogP contribution >= 0.6 is 27.7 Å². The highest BCUT2D eigenvalue weighted by Gasteiger charge is 2.15. The number of aromatic nitrogens is 1. The maximum atomic E-state index is 5.89. The second kappa shape index (κ2) is 5.93. The monoisotopic (exact) mass is 352 g/mol. The van der Waals surface area contributed by atoms with Gasteiger partial charge in [-0.15, -0.1) is 0 Å². The Morgan fingerprint density at radius 1 is 1.25 bits per heavy atom. The van der Waals surface area contributed by atoms with Gasteiger partial charge in [0.05, 0.1) is 5.69 Å². The first-order valence-corrected chi connectivity index (χ1v) is 7.93. The van der Waals surface area contributed by atoms with Gasteiger partial charge in [0.1, 0.15) is 18.2 Å². The van der Waals surface area contributed by atoms with Gasteiger partial charge in [0, 0.05) is 16.4 Å². The van der Waals surface area contributed by atoms with E-state index in [0.717, 1.165) is 32.3 Å². The third-order valence-corrected chi connectivity index (χ3v) is 4.68. The summed E-state index contributed by atoms with van der Waals surface area (Å²) in [6, 6.07) is 7.64. The lowest BCUT2D eigenvalue weighted by Gasteiger charge is -2.19. The van der Waals surface area contributed by atoms with Gasteiger partial charge in [-0.25, -0.2) is 4.98 Å². The number of pyridine rings is 1. The van der Waals surface area contributed by atoms with Crippen molar-refractivity contribution in [1.82, 2.24) is 4.98 Å². The Hall–Kier alpha value is -1.40.